The summed E-state index contributed by atoms with van der Waals surface area (Å²) in [6.45, 7) is 5.36. The van der Waals surface area contributed by atoms with E-state index in [1.54, 1.807) is 6.20 Å². The standard InChI is InChI=1S/C25H24N8OS/c1-15-5-4-8-27-22(15)31-24-28-18-13-16(20(14-19(18)29-24)33-11-9-26-10-12-33)23(34)32-25-30-17-6-2-3-7-21(17)35-25/h2-8,13-14,26H,9-12H2,1H3,(H,30,32,34)(H2,27,28,29,31). The number of carbonyl (C=O) groups is 1. The van der Waals surface area contributed by atoms with Crippen molar-refractivity contribution >= 4 is 61.1 Å². The molecule has 1 fully saturated rings. The highest BCUT2D eigenvalue weighted by Crippen LogP contribution is 2.31. The summed E-state index contributed by atoms with van der Waals surface area (Å²) in [5.41, 5.74) is 4.90. The number of hydrogen-bond acceptors (Lipinski definition) is 8. The first-order chi connectivity index (χ1) is 17.1. The Hall–Kier alpha value is -4.02. The summed E-state index contributed by atoms with van der Waals surface area (Å²) in [5.74, 6) is 1.12. The molecule has 0 spiro atoms. The fraction of sp³-hybridized carbons (Fsp3) is 0.200. The number of para-hydroxylation sites is 1. The first-order valence-electron chi connectivity index (χ1n) is 11.5. The summed E-state index contributed by atoms with van der Waals surface area (Å²) in [7, 11) is 0. The minimum atomic E-state index is -0.197. The number of aromatic amines is 1. The van der Waals surface area contributed by atoms with Gasteiger partial charge in [0, 0.05) is 32.4 Å². The zero-order chi connectivity index (χ0) is 23.8. The van der Waals surface area contributed by atoms with Crippen LogP contribution in [0.2, 0.25) is 0 Å². The molecule has 1 aliphatic heterocycles. The van der Waals surface area contributed by atoms with Crippen LogP contribution in [0.25, 0.3) is 21.3 Å². The fourth-order valence-corrected chi connectivity index (χ4v) is 5.13. The van der Waals surface area contributed by atoms with Gasteiger partial charge in [0.15, 0.2) is 5.13 Å². The largest absolute Gasteiger partial charge is 0.368 e. The van der Waals surface area contributed by atoms with Crippen LogP contribution in [0, 0.1) is 6.92 Å². The number of nitrogens with one attached hydrogen (secondary N) is 4. The molecule has 4 N–H and O–H groups in total. The minimum absolute atomic E-state index is 0.197. The van der Waals surface area contributed by atoms with Crippen molar-refractivity contribution < 1.29 is 4.79 Å². The van der Waals surface area contributed by atoms with Gasteiger partial charge in [0.25, 0.3) is 5.91 Å². The van der Waals surface area contributed by atoms with Gasteiger partial charge in [0.2, 0.25) is 5.95 Å². The molecule has 3 aromatic heterocycles. The SMILES string of the molecule is Cc1cccnc1Nc1nc2cc(C(=O)Nc3nc4ccccc4s3)c(N3CCNCC3)cc2[nH]1. The van der Waals surface area contributed by atoms with E-state index in [1.807, 2.05) is 55.5 Å². The average Bonchev–Trinajstić information content (AvgIpc) is 3.47. The summed E-state index contributed by atoms with van der Waals surface area (Å²) in [5, 5.41) is 10.2. The lowest BCUT2D eigenvalue weighted by molar-refractivity contribution is 0.102. The van der Waals surface area contributed by atoms with Crippen LogP contribution in [0.15, 0.2) is 54.7 Å². The van der Waals surface area contributed by atoms with Gasteiger partial charge in [0.05, 0.1) is 32.5 Å². The second-order valence-electron chi connectivity index (χ2n) is 8.44. The van der Waals surface area contributed by atoms with Crippen LogP contribution < -0.4 is 20.9 Å². The molecule has 0 atom stereocenters. The molecule has 6 rings (SSSR count). The highest BCUT2D eigenvalue weighted by molar-refractivity contribution is 7.22. The molecular formula is C25H24N8OS. The van der Waals surface area contributed by atoms with Crippen molar-refractivity contribution in [2.24, 2.45) is 0 Å². The predicted molar refractivity (Wildman–Crippen MR) is 141 cm³/mol. The number of H-pyrrole nitrogens is 1. The van der Waals surface area contributed by atoms with Gasteiger partial charge >= 0.3 is 0 Å². The van der Waals surface area contributed by atoms with Crippen molar-refractivity contribution in [3.63, 3.8) is 0 Å². The van der Waals surface area contributed by atoms with Crippen LogP contribution in [0.5, 0.6) is 0 Å². The Morgan fingerprint density at radius 3 is 2.74 bits per heavy atom. The van der Waals surface area contributed by atoms with Crippen LogP contribution in [0.3, 0.4) is 0 Å². The highest BCUT2D eigenvalue weighted by atomic mass is 32.1. The third-order valence-electron chi connectivity index (χ3n) is 6.06. The Balaban J connectivity index is 1.37. The summed E-state index contributed by atoms with van der Waals surface area (Å²) < 4.78 is 1.04. The molecule has 176 valence electrons. The molecule has 0 bridgehead atoms. The van der Waals surface area contributed by atoms with E-state index in [4.69, 9.17) is 0 Å². The number of anilines is 4. The van der Waals surface area contributed by atoms with Crippen molar-refractivity contribution in [3.8, 4) is 0 Å². The number of piperazine rings is 1. The lowest BCUT2D eigenvalue weighted by Crippen LogP contribution is -2.44. The Morgan fingerprint density at radius 2 is 1.91 bits per heavy atom. The Bertz CT molecular complexity index is 1500. The third kappa shape index (κ3) is 4.29. The number of nitrogens with zero attached hydrogens (tertiary/aromatic N) is 4. The molecule has 1 amide bonds. The topological polar surface area (TPSA) is 111 Å². The third-order valence-corrected chi connectivity index (χ3v) is 7.01. The van der Waals surface area contributed by atoms with Crippen molar-refractivity contribution in [2.75, 3.05) is 41.7 Å². The predicted octanol–water partition coefficient (Wildman–Crippen LogP) is 4.28. The average molecular weight is 485 g/mol. The number of rotatable bonds is 5. The van der Waals surface area contributed by atoms with Crippen molar-refractivity contribution in [1.29, 1.82) is 0 Å². The minimum Gasteiger partial charge on any atom is -0.368 e. The number of imidazole rings is 1. The number of pyridine rings is 1. The second-order valence-corrected chi connectivity index (χ2v) is 9.47. The van der Waals surface area contributed by atoms with E-state index >= 15 is 0 Å². The summed E-state index contributed by atoms with van der Waals surface area (Å²) in [6.07, 6.45) is 1.74. The van der Waals surface area contributed by atoms with Gasteiger partial charge in [-0.3, -0.25) is 10.1 Å². The zero-order valence-electron chi connectivity index (χ0n) is 19.1. The summed E-state index contributed by atoms with van der Waals surface area (Å²) in [6, 6.07) is 15.6. The van der Waals surface area contributed by atoms with Crippen molar-refractivity contribution in [3.05, 3.63) is 65.9 Å². The molecule has 0 saturated carbocycles. The molecule has 0 unspecified atom stereocenters. The van der Waals surface area contributed by atoms with Crippen LogP contribution in [0.4, 0.5) is 22.6 Å². The molecule has 4 heterocycles. The Labute approximate surface area is 205 Å². The van der Waals surface area contributed by atoms with Gasteiger partial charge in [-0.2, -0.15) is 0 Å². The molecular weight excluding hydrogens is 460 g/mol. The molecule has 0 radical (unpaired) electrons. The normalized spacial score (nSPS) is 13.9. The van der Waals surface area contributed by atoms with E-state index < -0.39 is 0 Å². The fourth-order valence-electron chi connectivity index (χ4n) is 4.27. The van der Waals surface area contributed by atoms with Gasteiger partial charge in [-0.05, 0) is 42.8 Å². The number of hydrogen-bond donors (Lipinski definition) is 4. The molecule has 1 aliphatic rings. The van der Waals surface area contributed by atoms with Crippen LogP contribution >= 0.6 is 11.3 Å². The maximum Gasteiger partial charge on any atom is 0.259 e. The highest BCUT2D eigenvalue weighted by Gasteiger charge is 2.22. The van der Waals surface area contributed by atoms with Crippen molar-refractivity contribution in [1.82, 2.24) is 25.3 Å². The lowest BCUT2D eigenvalue weighted by Gasteiger charge is -2.30. The monoisotopic (exact) mass is 484 g/mol. The number of aryl methyl sites for hydroxylation is 1. The number of fused-ring (bicyclic) bond motifs is 2. The summed E-state index contributed by atoms with van der Waals surface area (Å²) in [4.78, 5) is 32.7. The van der Waals surface area contributed by atoms with E-state index in [1.165, 1.54) is 11.3 Å². The second kappa shape index (κ2) is 8.97. The number of thiazole rings is 1. The van der Waals surface area contributed by atoms with Gasteiger partial charge < -0.3 is 20.5 Å². The van der Waals surface area contributed by atoms with E-state index in [9.17, 15) is 4.79 Å². The van der Waals surface area contributed by atoms with Gasteiger partial charge in [-0.25, -0.2) is 15.0 Å². The first kappa shape index (κ1) is 21.5. The maximum atomic E-state index is 13.5. The Kier molecular flexibility index (Phi) is 5.51. The van der Waals surface area contributed by atoms with Gasteiger partial charge in [-0.1, -0.05) is 29.5 Å². The van der Waals surface area contributed by atoms with Crippen LogP contribution in [0.1, 0.15) is 15.9 Å². The van der Waals surface area contributed by atoms with E-state index in [0.717, 1.165) is 59.0 Å². The van der Waals surface area contributed by atoms with Crippen LogP contribution in [-0.4, -0.2) is 52.0 Å². The summed E-state index contributed by atoms with van der Waals surface area (Å²) >= 11 is 1.47. The number of benzene rings is 2. The molecule has 9 nitrogen and oxygen atoms in total. The van der Waals surface area contributed by atoms with Crippen molar-refractivity contribution in [2.45, 2.75) is 6.92 Å². The number of amides is 1. The van der Waals surface area contributed by atoms with E-state index in [0.29, 0.717) is 22.2 Å². The van der Waals surface area contributed by atoms with E-state index in [-0.39, 0.29) is 5.91 Å². The lowest BCUT2D eigenvalue weighted by atomic mass is 10.1. The molecule has 2 aromatic carbocycles. The van der Waals surface area contributed by atoms with Gasteiger partial charge in [0.1, 0.15) is 5.82 Å². The molecule has 5 aromatic rings. The molecule has 10 heteroatoms. The number of aromatic nitrogens is 4. The first-order valence-corrected chi connectivity index (χ1v) is 12.3. The molecule has 0 aliphatic carbocycles. The Morgan fingerprint density at radius 1 is 1.06 bits per heavy atom. The van der Waals surface area contributed by atoms with E-state index in [2.05, 4.69) is 40.8 Å². The number of carbonyl (C=O) groups excluding carboxylic acids is 1. The zero-order valence-corrected chi connectivity index (χ0v) is 19.9. The van der Waals surface area contributed by atoms with Crippen LogP contribution in [-0.2, 0) is 0 Å². The maximum absolute atomic E-state index is 13.5. The smallest absolute Gasteiger partial charge is 0.259 e. The molecule has 35 heavy (non-hydrogen) atoms. The quantitative estimate of drug-likeness (QED) is 0.295. The molecule has 1 saturated heterocycles. The van der Waals surface area contributed by atoms with Gasteiger partial charge in [-0.15, -0.1) is 0 Å².